The number of ether oxygens (including phenoxy) is 1. The van der Waals surface area contributed by atoms with Gasteiger partial charge in [-0.1, -0.05) is 40.0 Å². The molecule has 1 aliphatic carbocycles. The molecule has 106 valence electrons. The Morgan fingerprint density at radius 2 is 1.89 bits per heavy atom. The Labute approximate surface area is 112 Å². The fraction of sp³-hybridized carbons (Fsp3) is 0.938. The van der Waals surface area contributed by atoms with Crippen LogP contribution in [0.2, 0.25) is 0 Å². The molecule has 1 fully saturated rings. The molecule has 0 amide bonds. The van der Waals surface area contributed by atoms with Crippen molar-refractivity contribution in [1.82, 2.24) is 0 Å². The molecule has 0 aromatic carbocycles. The lowest BCUT2D eigenvalue weighted by Gasteiger charge is -2.29. The van der Waals surface area contributed by atoms with Crippen LogP contribution in [0.1, 0.15) is 72.6 Å². The third-order valence-electron chi connectivity index (χ3n) is 4.31. The number of carbonyl (C=O) groups excluding carboxylic acids is 1. The van der Waals surface area contributed by atoms with Crippen LogP contribution in [0.5, 0.6) is 0 Å². The lowest BCUT2D eigenvalue weighted by Crippen LogP contribution is -2.32. The quantitative estimate of drug-likeness (QED) is 0.649. The number of esters is 1. The molecule has 1 aliphatic rings. The van der Waals surface area contributed by atoms with Gasteiger partial charge in [0.15, 0.2) is 0 Å². The van der Waals surface area contributed by atoms with Gasteiger partial charge in [-0.15, -0.1) is 0 Å². The van der Waals surface area contributed by atoms with E-state index in [1.807, 2.05) is 0 Å². The van der Waals surface area contributed by atoms with Crippen LogP contribution in [0.4, 0.5) is 0 Å². The zero-order chi connectivity index (χ0) is 13.6. The van der Waals surface area contributed by atoms with Gasteiger partial charge in [-0.25, -0.2) is 0 Å². The third kappa shape index (κ3) is 4.62. The molecule has 0 spiro atoms. The van der Waals surface area contributed by atoms with E-state index in [-0.39, 0.29) is 11.4 Å². The zero-order valence-electron chi connectivity index (χ0n) is 12.6. The van der Waals surface area contributed by atoms with Crippen LogP contribution in [0.15, 0.2) is 0 Å². The lowest BCUT2D eigenvalue weighted by molar-refractivity contribution is -0.158. The van der Waals surface area contributed by atoms with E-state index in [0.29, 0.717) is 18.4 Å². The van der Waals surface area contributed by atoms with Gasteiger partial charge in [-0.2, -0.15) is 0 Å². The van der Waals surface area contributed by atoms with Crippen molar-refractivity contribution >= 4 is 5.97 Å². The number of hydrogen-bond donors (Lipinski definition) is 0. The maximum atomic E-state index is 12.3. The molecule has 0 aromatic rings. The van der Waals surface area contributed by atoms with E-state index in [0.717, 1.165) is 12.8 Å². The minimum absolute atomic E-state index is 0.0178. The molecule has 0 saturated heterocycles. The third-order valence-corrected chi connectivity index (χ3v) is 4.31. The molecular formula is C16H30O2. The molecule has 0 N–H and O–H groups in total. The van der Waals surface area contributed by atoms with E-state index >= 15 is 0 Å². The molecule has 18 heavy (non-hydrogen) atoms. The SMILES string of the molecule is CCC(C)(CC(C)C)C(=O)OCC1CCCCC1. The van der Waals surface area contributed by atoms with E-state index in [9.17, 15) is 4.79 Å². The molecule has 0 aliphatic heterocycles. The number of carbonyl (C=O) groups is 1. The van der Waals surface area contributed by atoms with Gasteiger partial charge in [0.05, 0.1) is 12.0 Å². The minimum atomic E-state index is -0.289. The lowest BCUT2D eigenvalue weighted by atomic mass is 9.80. The highest BCUT2D eigenvalue weighted by atomic mass is 16.5. The van der Waals surface area contributed by atoms with E-state index in [2.05, 4.69) is 27.7 Å². The van der Waals surface area contributed by atoms with Crippen molar-refractivity contribution < 1.29 is 9.53 Å². The fourth-order valence-electron chi connectivity index (χ4n) is 2.99. The summed E-state index contributed by atoms with van der Waals surface area (Å²) in [6, 6.07) is 0. The molecule has 2 nitrogen and oxygen atoms in total. The predicted octanol–water partition coefficient (Wildman–Crippen LogP) is 4.57. The summed E-state index contributed by atoms with van der Waals surface area (Å²) >= 11 is 0. The molecule has 0 aromatic heterocycles. The first kappa shape index (κ1) is 15.5. The van der Waals surface area contributed by atoms with Crippen LogP contribution in [0.3, 0.4) is 0 Å². The molecule has 1 unspecified atom stereocenters. The van der Waals surface area contributed by atoms with Gasteiger partial charge in [-0.3, -0.25) is 4.79 Å². The minimum Gasteiger partial charge on any atom is -0.465 e. The van der Waals surface area contributed by atoms with E-state index in [1.54, 1.807) is 0 Å². The van der Waals surface area contributed by atoms with Gasteiger partial charge < -0.3 is 4.74 Å². The van der Waals surface area contributed by atoms with Gasteiger partial charge >= 0.3 is 5.97 Å². The largest absolute Gasteiger partial charge is 0.465 e. The van der Waals surface area contributed by atoms with Crippen LogP contribution in [0, 0.1) is 17.3 Å². The normalized spacial score (nSPS) is 20.7. The molecule has 1 saturated carbocycles. The predicted molar refractivity (Wildman–Crippen MR) is 75.4 cm³/mol. The summed E-state index contributed by atoms with van der Waals surface area (Å²) in [6.45, 7) is 9.12. The Bertz CT molecular complexity index is 254. The monoisotopic (exact) mass is 254 g/mol. The Hall–Kier alpha value is -0.530. The highest BCUT2D eigenvalue weighted by molar-refractivity contribution is 5.76. The van der Waals surface area contributed by atoms with Crippen molar-refractivity contribution in [3.63, 3.8) is 0 Å². The molecule has 2 heteroatoms. The van der Waals surface area contributed by atoms with Crippen molar-refractivity contribution in [3.05, 3.63) is 0 Å². The summed E-state index contributed by atoms with van der Waals surface area (Å²) in [7, 11) is 0. The second kappa shape index (κ2) is 7.16. The maximum absolute atomic E-state index is 12.3. The Balaban J connectivity index is 2.41. The smallest absolute Gasteiger partial charge is 0.311 e. The van der Waals surface area contributed by atoms with Crippen molar-refractivity contribution in [3.8, 4) is 0 Å². The standard InChI is InChI=1S/C16H30O2/c1-5-16(4,11-13(2)3)15(17)18-12-14-9-7-6-8-10-14/h13-14H,5-12H2,1-4H3. The first-order chi connectivity index (χ1) is 8.48. The van der Waals surface area contributed by atoms with Crippen molar-refractivity contribution in [1.29, 1.82) is 0 Å². The Morgan fingerprint density at radius 3 is 2.39 bits per heavy atom. The Kier molecular flexibility index (Phi) is 6.17. The molecule has 0 bridgehead atoms. The zero-order valence-corrected chi connectivity index (χ0v) is 12.6. The van der Waals surface area contributed by atoms with Crippen LogP contribution in [-0.4, -0.2) is 12.6 Å². The number of rotatable bonds is 6. The second-order valence-electron chi connectivity index (χ2n) is 6.61. The van der Waals surface area contributed by atoms with Gasteiger partial charge in [0.1, 0.15) is 0 Å². The molecule has 1 atom stereocenters. The average molecular weight is 254 g/mol. The Morgan fingerprint density at radius 1 is 1.28 bits per heavy atom. The van der Waals surface area contributed by atoms with Crippen molar-refractivity contribution in [2.45, 2.75) is 72.6 Å². The summed E-state index contributed by atoms with van der Waals surface area (Å²) in [5.41, 5.74) is -0.289. The molecule has 1 rings (SSSR count). The summed E-state index contributed by atoms with van der Waals surface area (Å²) in [6.07, 6.45) is 8.23. The summed E-state index contributed by atoms with van der Waals surface area (Å²) in [5, 5.41) is 0. The summed E-state index contributed by atoms with van der Waals surface area (Å²) in [4.78, 5) is 12.3. The summed E-state index contributed by atoms with van der Waals surface area (Å²) < 4.78 is 5.60. The second-order valence-corrected chi connectivity index (χ2v) is 6.61. The average Bonchev–Trinajstić information content (AvgIpc) is 2.36. The van der Waals surface area contributed by atoms with Crippen LogP contribution in [0.25, 0.3) is 0 Å². The fourth-order valence-corrected chi connectivity index (χ4v) is 2.99. The van der Waals surface area contributed by atoms with E-state index < -0.39 is 0 Å². The highest BCUT2D eigenvalue weighted by Crippen LogP contribution is 2.32. The summed E-state index contributed by atoms with van der Waals surface area (Å²) in [5.74, 6) is 1.17. The van der Waals surface area contributed by atoms with Gasteiger partial charge in [0.25, 0.3) is 0 Å². The van der Waals surface area contributed by atoms with Crippen molar-refractivity contribution in [2.24, 2.45) is 17.3 Å². The van der Waals surface area contributed by atoms with Crippen LogP contribution >= 0.6 is 0 Å². The molecule has 0 radical (unpaired) electrons. The van der Waals surface area contributed by atoms with Gasteiger partial charge in [-0.05, 0) is 44.4 Å². The topological polar surface area (TPSA) is 26.3 Å². The molecule has 0 heterocycles. The van der Waals surface area contributed by atoms with Gasteiger partial charge in [0, 0.05) is 0 Å². The van der Waals surface area contributed by atoms with Crippen LogP contribution in [-0.2, 0) is 9.53 Å². The maximum Gasteiger partial charge on any atom is 0.311 e. The van der Waals surface area contributed by atoms with E-state index in [1.165, 1.54) is 32.1 Å². The van der Waals surface area contributed by atoms with Gasteiger partial charge in [0.2, 0.25) is 0 Å². The van der Waals surface area contributed by atoms with Crippen molar-refractivity contribution in [2.75, 3.05) is 6.61 Å². The van der Waals surface area contributed by atoms with Crippen LogP contribution < -0.4 is 0 Å². The molecular weight excluding hydrogens is 224 g/mol. The van der Waals surface area contributed by atoms with E-state index in [4.69, 9.17) is 4.74 Å². The highest BCUT2D eigenvalue weighted by Gasteiger charge is 2.34. The first-order valence-corrected chi connectivity index (χ1v) is 7.65. The number of hydrogen-bond acceptors (Lipinski definition) is 2. The first-order valence-electron chi connectivity index (χ1n) is 7.65.